The van der Waals surface area contributed by atoms with Crippen molar-refractivity contribution in [1.29, 1.82) is 0 Å². The van der Waals surface area contributed by atoms with Gasteiger partial charge in [-0.05, 0) is 104 Å². The Labute approximate surface area is 550 Å². The molecular weight excluding hydrogens is 1190 g/mol. The molecular formula is C72H92N12O10. The molecule has 0 aliphatic carbocycles. The van der Waals surface area contributed by atoms with Crippen molar-refractivity contribution in [2.75, 3.05) is 19.6 Å². The second-order valence-electron chi connectivity index (χ2n) is 23.4. The molecule has 500 valence electrons. The number of hydrogen-bond donors (Lipinski definition) is 13. The molecule has 0 aliphatic heterocycles. The maximum Gasteiger partial charge on any atom is 0.326 e. The fraction of sp³-hybridized carbons (Fsp3) is 0.375. The van der Waals surface area contributed by atoms with Crippen LogP contribution in [0.2, 0.25) is 0 Å². The lowest BCUT2D eigenvalue weighted by atomic mass is 10.00. The zero-order valence-electron chi connectivity index (χ0n) is 53.2. The van der Waals surface area contributed by atoms with Crippen LogP contribution in [-0.4, -0.2) is 132 Å². The van der Waals surface area contributed by atoms with E-state index in [1.54, 1.807) is 164 Å². The molecule has 0 radical (unpaired) electrons. The molecule has 0 aromatic heterocycles. The van der Waals surface area contributed by atoms with Crippen LogP contribution in [0.3, 0.4) is 0 Å². The highest BCUT2D eigenvalue weighted by Crippen LogP contribution is 2.15. The van der Waals surface area contributed by atoms with E-state index in [4.69, 9.17) is 22.9 Å². The van der Waals surface area contributed by atoms with E-state index in [0.717, 1.165) is 5.56 Å². The van der Waals surface area contributed by atoms with Crippen LogP contribution in [0.1, 0.15) is 91.2 Å². The highest BCUT2D eigenvalue weighted by Gasteiger charge is 2.36. The number of benzene rings is 6. The van der Waals surface area contributed by atoms with Gasteiger partial charge in [-0.3, -0.25) is 38.4 Å². The van der Waals surface area contributed by atoms with Crippen LogP contribution in [0.15, 0.2) is 182 Å². The third-order valence-corrected chi connectivity index (χ3v) is 15.9. The molecule has 22 nitrogen and oxygen atoms in total. The van der Waals surface area contributed by atoms with Crippen LogP contribution in [0, 0.1) is 0 Å². The third-order valence-electron chi connectivity index (χ3n) is 15.9. The van der Waals surface area contributed by atoms with E-state index in [1.807, 2.05) is 18.2 Å². The Hall–Kier alpha value is -9.61. The number of carbonyl (C=O) groups is 9. The van der Waals surface area contributed by atoms with Crippen molar-refractivity contribution >= 4 is 53.2 Å². The van der Waals surface area contributed by atoms with Crippen LogP contribution in [0.5, 0.6) is 0 Å². The number of carboxylic acids is 1. The summed E-state index contributed by atoms with van der Waals surface area (Å²) < 4.78 is 0. The average Bonchev–Trinajstić information content (AvgIpc) is 0.949. The van der Waals surface area contributed by atoms with E-state index in [9.17, 15) is 43.5 Å². The number of unbranched alkanes of at least 4 members (excludes halogenated alkanes) is 3. The van der Waals surface area contributed by atoms with Crippen LogP contribution in [0.25, 0.3) is 0 Å². The van der Waals surface area contributed by atoms with Gasteiger partial charge in [0.05, 0.1) is 6.04 Å². The van der Waals surface area contributed by atoms with E-state index >= 15 is 4.79 Å². The van der Waals surface area contributed by atoms with Crippen LogP contribution in [0.4, 0.5) is 0 Å². The van der Waals surface area contributed by atoms with E-state index < -0.39 is 108 Å². The lowest BCUT2D eigenvalue weighted by molar-refractivity contribution is -0.142. The molecule has 22 heteroatoms. The molecule has 0 spiro atoms. The average molecular weight is 1290 g/mol. The summed E-state index contributed by atoms with van der Waals surface area (Å²) in [6.07, 6.45) is 3.18. The van der Waals surface area contributed by atoms with Crippen molar-refractivity contribution in [3.63, 3.8) is 0 Å². The number of carbonyl (C=O) groups excluding carboxylic acids is 8. The minimum Gasteiger partial charge on any atom is -0.480 e. The molecule has 9 atom stereocenters. The predicted octanol–water partition coefficient (Wildman–Crippen LogP) is 3.12. The molecule has 0 saturated heterocycles. The summed E-state index contributed by atoms with van der Waals surface area (Å²) in [5, 5.41) is 32.8. The number of hydrogen-bond acceptors (Lipinski definition) is 13. The highest BCUT2D eigenvalue weighted by molar-refractivity contribution is 5.98. The summed E-state index contributed by atoms with van der Waals surface area (Å²) in [6.45, 7) is 0.967. The van der Waals surface area contributed by atoms with Gasteiger partial charge in [0.15, 0.2) is 0 Å². The Morgan fingerprint density at radius 2 is 0.457 bits per heavy atom. The summed E-state index contributed by atoms with van der Waals surface area (Å²) in [6, 6.07) is 41.9. The molecule has 94 heavy (non-hydrogen) atoms. The molecule has 6 aromatic carbocycles. The van der Waals surface area contributed by atoms with Crippen LogP contribution in [-0.2, 0) is 81.7 Å². The first kappa shape index (κ1) is 73.4. The van der Waals surface area contributed by atoms with Crippen LogP contribution < -0.4 is 65.5 Å². The van der Waals surface area contributed by atoms with Gasteiger partial charge in [0.2, 0.25) is 47.3 Å². The molecule has 0 fully saturated rings. The first-order chi connectivity index (χ1) is 45.5. The fourth-order valence-corrected chi connectivity index (χ4v) is 10.7. The van der Waals surface area contributed by atoms with Gasteiger partial charge in [0.1, 0.15) is 48.3 Å². The van der Waals surface area contributed by atoms with Crippen molar-refractivity contribution in [3.05, 3.63) is 215 Å². The quantitative estimate of drug-likeness (QED) is 0.0246. The maximum absolute atomic E-state index is 15.1. The van der Waals surface area contributed by atoms with E-state index in [-0.39, 0.29) is 64.5 Å². The molecule has 0 heterocycles. The van der Waals surface area contributed by atoms with Gasteiger partial charge < -0.3 is 70.6 Å². The first-order valence-corrected chi connectivity index (χ1v) is 32.3. The SMILES string of the molecule is NCCCCC(N)C(=O)NC(Cc1ccccc1)C(=O)NC(Cc1ccccc1)C(=O)NC(CCCCN)C(=O)NC(Cc1ccccc1)C(=O)NC(Cc1ccccc1)C(=O)NC(CCCCN)C(=O)NC(Cc1ccccc1)C(=O)NC(Cc1ccccc1)C(=O)O. The molecule has 0 saturated carbocycles. The van der Waals surface area contributed by atoms with Gasteiger partial charge in [-0.1, -0.05) is 188 Å². The zero-order valence-corrected chi connectivity index (χ0v) is 53.2. The van der Waals surface area contributed by atoms with E-state index in [2.05, 4.69) is 42.5 Å². The summed E-state index contributed by atoms with van der Waals surface area (Å²) >= 11 is 0. The fourth-order valence-electron chi connectivity index (χ4n) is 10.7. The minimum atomic E-state index is -1.38. The largest absolute Gasteiger partial charge is 0.480 e. The molecule has 6 aromatic rings. The molecule has 17 N–H and O–H groups in total. The number of rotatable bonds is 41. The van der Waals surface area contributed by atoms with Gasteiger partial charge in [-0.2, -0.15) is 0 Å². The molecule has 9 unspecified atom stereocenters. The predicted molar refractivity (Wildman–Crippen MR) is 361 cm³/mol. The molecule has 8 amide bonds. The zero-order chi connectivity index (χ0) is 67.5. The Bertz CT molecular complexity index is 3300. The lowest BCUT2D eigenvalue weighted by Crippen LogP contribution is -2.61. The summed E-state index contributed by atoms with van der Waals surface area (Å²) in [4.78, 5) is 129. The van der Waals surface area contributed by atoms with Crippen molar-refractivity contribution in [2.24, 2.45) is 22.9 Å². The maximum atomic E-state index is 15.1. The number of carboxylic acid groups (broad SMARTS) is 1. The summed E-state index contributed by atoms with van der Waals surface area (Å²) in [7, 11) is 0. The lowest BCUT2D eigenvalue weighted by Gasteiger charge is -2.28. The normalized spacial score (nSPS) is 13.9. The van der Waals surface area contributed by atoms with Crippen molar-refractivity contribution in [2.45, 2.75) is 151 Å². The number of nitrogens with one attached hydrogen (secondary N) is 8. The second-order valence-corrected chi connectivity index (χ2v) is 23.4. The Balaban J connectivity index is 1.27. The van der Waals surface area contributed by atoms with E-state index in [0.29, 0.717) is 79.3 Å². The molecule has 0 aliphatic rings. The summed E-state index contributed by atoms with van der Waals surface area (Å²) in [5.41, 5.74) is 27.8. The Morgan fingerprint density at radius 1 is 0.266 bits per heavy atom. The number of amides is 8. The summed E-state index contributed by atoms with van der Waals surface area (Å²) in [5.74, 6) is -7.09. The van der Waals surface area contributed by atoms with Crippen molar-refractivity contribution < 1.29 is 48.3 Å². The van der Waals surface area contributed by atoms with E-state index in [1.165, 1.54) is 0 Å². The minimum absolute atomic E-state index is 0.0222. The smallest absolute Gasteiger partial charge is 0.326 e. The number of nitrogens with two attached hydrogens (primary N) is 4. The monoisotopic (exact) mass is 1280 g/mol. The van der Waals surface area contributed by atoms with Gasteiger partial charge in [-0.15, -0.1) is 0 Å². The van der Waals surface area contributed by atoms with Crippen LogP contribution >= 0.6 is 0 Å². The Kier molecular flexibility index (Phi) is 31.6. The number of aliphatic carboxylic acids is 1. The topological polar surface area (TPSA) is 374 Å². The van der Waals surface area contributed by atoms with Crippen molar-refractivity contribution in [1.82, 2.24) is 42.5 Å². The molecule has 6 rings (SSSR count). The first-order valence-electron chi connectivity index (χ1n) is 32.3. The van der Waals surface area contributed by atoms with Gasteiger partial charge in [-0.25, -0.2) is 4.79 Å². The van der Waals surface area contributed by atoms with Gasteiger partial charge in [0, 0.05) is 38.5 Å². The second kappa shape index (κ2) is 40.4. The standard InChI is InChI=1S/C72H92N12O10/c73-40-22-19-37-55(76)64(85)79-58(43-49-25-7-1-8-26-49)69(90)82-59(44-50-27-9-2-10-28-50)67(88)77-56(38-20-23-41-74)65(86)80-61(46-52-31-13-4-14-32-52)70(91)83-60(45-51-29-11-3-12-30-51)68(89)78-57(39-21-24-42-75)66(87)81-62(47-53-33-15-5-16-34-53)71(92)84-63(72(93)94)48-54-35-17-6-18-36-54/h1-18,25-36,55-63H,19-24,37-48,73-76H2,(H,77,88)(H,78,89)(H,79,85)(H,80,86)(H,81,87)(H,82,90)(H,83,91)(H,84,92)(H,93,94). The Morgan fingerprint density at radius 3 is 0.691 bits per heavy atom. The third kappa shape index (κ3) is 25.8. The van der Waals surface area contributed by atoms with Gasteiger partial charge in [0.25, 0.3) is 0 Å². The highest BCUT2D eigenvalue weighted by atomic mass is 16.4. The van der Waals surface area contributed by atoms with Gasteiger partial charge >= 0.3 is 5.97 Å². The van der Waals surface area contributed by atoms with Crippen molar-refractivity contribution in [3.8, 4) is 0 Å². The molecule has 0 bridgehead atoms.